The van der Waals surface area contributed by atoms with Crippen LogP contribution in [0.2, 0.25) is 0 Å². The smallest absolute Gasteiger partial charge is 0.227 e. The average molecular weight is 464 g/mol. The van der Waals surface area contributed by atoms with Crippen LogP contribution in [0.15, 0.2) is 40.9 Å². The molecular weight excluding hydrogens is 442 g/mol. The normalized spacial score (nSPS) is 16.1. The maximum absolute atomic E-state index is 14.0. The van der Waals surface area contributed by atoms with E-state index in [-0.39, 0.29) is 30.3 Å². The third-order valence-corrected chi connectivity index (χ3v) is 6.17. The zero-order chi connectivity index (χ0) is 24.1. The lowest BCUT2D eigenvalue weighted by atomic mass is 10.0. The molecule has 0 N–H and O–H groups in total. The first-order valence-electron chi connectivity index (χ1n) is 10.9. The van der Waals surface area contributed by atoms with Crippen LogP contribution in [0.1, 0.15) is 43.1 Å². The first-order valence-corrected chi connectivity index (χ1v) is 10.9. The predicted molar refractivity (Wildman–Crippen MR) is 121 cm³/mol. The molecule has 3 heterocycles. The second-order valence-corrected chi connectivity index (χ2v) is 8.58. The van der Waals surface area contributed by atoms with E-state index in [1.165, 1.54) is 17.9 Å². The van der Waals surface area contributed by atoms with Crippen LogP contribution in [-0.2, 0) is 16.1 Å². The second kappa shape index (κ2) is 8.16. The fourth-order valence-corrected chi connectivity index (χ4v) is 4.73. The molecule has 0 saturated carbocycles. The first-order chi connectivity index (χ1) is 16.2. The van der Waals surface area contributed by atoms with Gasteiger partial charge in [-0.25, -0.2) is 13.8 Å². The van der Waals surface area contributed by atoms with E-state index in [4.69, 9.17) is 9.51 Å². The van der Waals surface area contributed by atoms with Gasteiger partial charge in [-0.05, 0) is 57.0 Å². The molecule has 1 fully saturated rings. The van der Waals surface area contributed by atoms with E-state index in [1.54, 1.807) is 4.57 Å². The summed E-state index contributed by atoms with van der Waals surface area (Å²) in [6.45, 7) is 5.26. The van der Waals surface area contributed by atoms with Gasteiger partial charge in [0.15, 0.2) is 11.6 Å². The summed E-state index contributed by atoms with van der Waals surface area (Å²) in [6.07, 6.45) is 0.674. The van der Waals surface area contributed by atoms with Crippen molar-refractivity contribution in [1.82, 2.24) is 14.7 Å². The second-order valence-electron chi connectivity index (χ2n) is 8.58. The molecule has 2 aromatic carbocycles. The predicted octanol–water partition coefficient (Wildman–Crippen LogP) is 5.04. The molecule has 9 heteroatoms. The van der Waals surface area contributed by atoms with Gasteiger partial charge in [0.1, 0.15) is 17.4 Å². The molecule has 0 aliphatic carbocycles. The van der Waals surface area contributed by atoms with Crippen molar-refractivity contribution in [3.63, 3.8) is 0 Å². The number of carbonyl (C=O) groups is 2. The number of rotatable bonds is 5. The number of aromatic nitrogens is 3. The standard InChI is InChI=1S/C25H22F2N4O3/c1-13(32)12-30-21-7-4-16(24-14(2)29-34-15(24)3)10-20(21)28-25(30)22-8-9-23(33)31(22)17-5-6-18(26)19(27)11-17/h4-7,10-11,22H,8-9,12H2,1-3H3/t22-/m0/s1. The fraction of sp³-hybridized carbons (Fsp3) is 0.280. The third-order valence-electron chi connectivity index (χ3n) is 6.17. The van der Waals surface area contributed by atoms with Gasteiger partial charge in [-0.15, -0.1) is 0 Å². The van der Waals surface area contributed by atoms with E-state index >= 15 is 0 Å². The highest BCUT2D eigenvalue weighted by Crippen LogP contribution is 2.39. The SMILES string of the molecule is CC(=O)Cn1c([C@@H]2CCC(=O)N2c2ccc(F)c(F)c2)nc2cc(-c3c(C)noc3C)ccc21. The maximum atomic E-state index is 14.0. The summed E-state index contributed by atoms with van der Waals surface area (Å²) in [5.74, 6) is -1.09. The summed E-state index contributed by atoms with van der Waals surface area (Å²) in [4.78, 5) is 31.2. The molecule has 0 bridgehead atoms. The van der Waals surface area contributed by atoms with Crippen molar-refractivity contribution in [1.29, 1.82) is 0 Å². The van der Waals surface area contributed by atoms with Crippen LogP contribution in [0.25, 0.3) is 22.2 Å². The van der Waals surface area contributed by atoms with Crippen molar-refractivity contribution in [2.24, 2.45) is 0 Å². The van der Waals surface area contributed by atoms with Crippen LogP contribution in [-0.4, -0.2) is 26.4 Å². The van der Waals surface area contributed by atoms with Crippen molar-refractivity contribution in [2.75, 3.05) is 4.90 Å². The number of anilines is 1. The maximum Gasteiger partial charge on any atom is 0.227 e. The van der Waals surface area contributed by atoms with Crippen molar-refractivity contribution < 1.29 is 22.9 Å². The largest absolute Gasteiger partial charge is 0.361 e. The highest BCUT2D eigenvalue weighted by atomic mass is 19.2. The number of nitrogens with zero attached hydrogens (tertiary/aromatic N) is 4. The minimum atomic E-state index is -1.03. The van der Waals surface area contributed by atoms with E-state index in [0.717, 1.165) is 34.5 Å². The Morgan fingerprint density at radius 2 is 1.94 bits per heavy atom. The molecule has 1 atom stereocenters. The number of Topliss-reactive ketones (excluding diaryl/α,β-unsaturated/α-hetero) is 1. The lowest BCUT2D eigenvalue weighted by molar-refractivity contribution is -0.118. The summed E-state index contributed by atoms with van der Waals surface area (Å²) >= 11 is 0. The zero-order valence-corrected chi connectivity index (χ0v) is 18.9. The van der Waals surface area contributed by atoms with Crippen LogP contribution in [0, 0.1) is 25.5 Å². The Morgan fingerprint density at radius 3 is 2.62 bits per heavy atom. The number of hydrogen-bond acceptors (Lipinski definition) is 5. The number of benzene rings is 2. The van der Waals surface area contributed by atoms with Crippen LogP contribution in [0.3, 0.4) is 0 Å². The number of carbonyl (C=O) groups excluding carboxylic acids is 2. The molecular formula is C25H22F2N4O3. The number of ketones is 1. The van der Waals surface area contributed by atoms with Gasteiger partial charge in [-0.2, -0.15) is 0 Å². The fourth-order valence-electron chi connectivity index (χ4n) is 4.73. The van der Waals surface area contributed by atoms with Crippen molar-refractivity contribution in [2.45, 2.75) is 46.2 Å². The molecule has 1 saturated heterocycles. The number of imidazole rings is 1. The Balaban J connectivity index is 1.66. The Bertz CT molecular complexity index is 1440. The Labute approximate surface area is 194 Å². The molecule has 1 amide bonds. The van der Waals surface area contributed by atoms with Crippen LogP contribution >= 0.6 is 0 Å². The van der Waals surface area contributed by atoms with Gasteiger partial charge in [-0.1, -0.05) is 11.2 Å². The summed E-state index contributed by atoms with van der Waals surface area (Å²) < 4.78 is 34.6. The molecule has 1 aliphatic heterocycles. The van der Waals surface area contributed by atoms with Gasteiger partial charge in [0.25, 0.3) is 0 Å². The lowest BCUT2D eigenvalue weighted by Gasteiger charge is -2.25. The van der Waals surface area contributed by atoms with E-state index in [1.807, 2.05) is 32.0 Å². The molecule has 0 radical (unpaired) electrons. The number of fused-ring (bicyclic) bond motifs is 1. The topological polar surface area (TPSA) is 81.2 Å². The third kappa shape index (κ3) is 3.57. The van der Waals surface area contributed by atoms with Gasteiger partial charge in [0.2, 0.25) is 5.91 Å². The lowest BCUT2D eigenvalue weighted by Crippen LogP contribution is -2.29. The summed E-state index contributed by atoms with van der Waals surface area (Å²) in [5, 5.41) is 4.02. The molecule has 0 spiro atoms. The van der Waals surface area contributed by atoms with Crippen molar-refractivity contribution >= 4 is 28.4 Å². The molecule has 1 aliphatic rings. The molecule has 0 unspecified atom stereocenters. The van der Waals surface area contributed by atoms with E-state index in [0.29, 0.717) is 23.5 Å². The zero-order valence-electron chi connectivity index (χ0n) is 18.9. The van der Waals surface area contributed by atoms with E-state index < -0.39 is 17.7 Å². The number of hydrogen-bond donors (Lipinski definition) is 0. The van der Waals surface area contributed by atoms with Gasteiger partial charge in [0, 0.05) is 23.7 Å². The summed E-state index contributed by atoms with van der Waals surface area (Å²) in [7, 11) is 0. The summed E-state index contributed by atoms with van der Waals surface area (Å²) in [5.41, 5.74) is 4.16. The minimum absolute atomic E-state index is 0.0703. The van der Waals surface area contributed by atoms with Crippen LogP contribution in [0.5, 0.6) is 0 Å². The minimum Gasteiger partial charge on any atom is -0.361 e. The molecule has 2 aromatic heterocycles. The number of amides is 1. The summed E-state index contributed by atoms with van der Waals surface area (Å²) in [6, 6.07) is 8.58. The van der Waals surface area contributed by atoms with Crippen LogP contribution < -0.4 is 4.90 Å². The van der Waals surface area contributed by atoms with Gasteiger partial charge in [-0.3, -0.25) is 9.59 Å². The Morgan fingerprint density at radius 1 is 1.15 bits per heavy atom. The Kier molecular flexibility index (Phi) is 5.27. The van der Waals surface area contributed by atoms with E-state index in [9.17, 15) is 18.4 Å². The highest BCUT2D eigenvalue weighted by molar-refractivity contribution is 5.96. The van der Waals surface area contributed by atoms with E-state index in [2.05, 4.69) is 5.16 Å². The Hall–Kier alpha value is -3.88. The van der Waals surface area contributed by atoms with Gasteiger partial charge in [0.05, 0.1) is 29.3 Å². The first kappa shape index (κ1) is 21.9. The quantitative estimate of drug-likeness (QED) is 0.413. The number of halogens is 2. The number of aryl methyl sites for hydroxylation is 2. The highest BCUT2D eigenvalue weighted by Gasteiger charge is 2.37. The van der Waals surface area contributed by atoms with Crippen LogP contribution in [0.4, 0.5) is 14.5 Å². The van der Waals surface area contributed by atoms with Gasteiger partial charge >= 0.3 is 0 Å². The van der Waals surface area contributed by atoms with Gasteiger partial charge < -0.3 is 14.0 Å². The monoisotopic (exact) mass is 464 g/mol. The molecule has 7 nitrogen and oxygen atoms in total. The molecule has 5 rings (SSSR count). The molecule has 174 valence electrons. The van der Waals surface area contributed by atoms with Crippen molar-refractivity contribution in [3.05, 3.63) is 65.3 Å². The average Bonchev–Trinajstić information content (AvgIpc) is 3.44. The van der Waals surface area contributed by atoms with Crippen molar-refractivity contribution in [3.8, 4) is 11.1 Å². The molecule has 34 heavy (non-hydrogen) atoms. The molecule has 4 aromatic rings.